The molecule has 15 heteroatoms. The number of alkyl carbamates (subject to hydrolysis) is 2. The van der Waals surface area contributed by atoms with E-state index >= 15 is 0 Å². The molecule has 3 aromatic carbocycles. The smallest absolute Gasteiger partial charge is 0.407 e. The van der Waals surface area contributed by atoms with Crippen molar-refractivity contribution >= 4 is 40.6 Å². The molecule has 2 unspecified atom stereocenters. The Morgan fingerprint density at radius 3 is 2.08 bits per heavy atom. The molecule has 0 bridgehead atoms. The molecule has 4 N–H and O–H groups in total. The van der Waals surface area contributed by atoms with Gasteiger partial charge >= 0.3 is 12.2 Å². The Kier molecular flexibility index (Phi) is 12.6. The highest BCUT2D eigenvalue weighted by Crippen LogP contribution is 2.35. The first-order chi connectivity index (χ1) is 29.6. The Morgan fingerprint density at radius 1 is 0.770 bits per heavy atom. The number of aromatic nitrogens is 2. The Labute approximate surface area is 356 Å². The number of fused-ring (bicyclic) bond motifs is 1. The predicted molar refractivity (Wildman–Crippen MR) is 231 cm³/mol. The van der Waals surface area contributed by atoms with Crippen LogP contribution in [0.1, 0.15) is 75.8 Å². The number of benzene rings is 3. The largest absolute Gasteiger partial charge is 0.453 e. The van der Waals surface area contributed by atoms with Gasteiger partial charge in [-0.05, 0) is 90.0 Å². The fourth-order valence-electron chi connectivity index (χ4n) is 9.31. The average molecular weight is 833 g/mol. The van der Waals surface area contributed by atoms with Gasteiger partial charge in [0.15, 0.2) is 0 Å². The van der Waals surface area contributed by atoms with Crippen molar-refractivity contribution in [3.8, 4) is 22.4 Å². The number of carbonyl (C=O) groups is 4. The number of hydrogen-bond acceptors (Lipinski definition) is 10. The molecule has 4 aliphatic heterocycles. The van der Waals surface area contributed by atoms with Crippen LogP contribution in [0.5, 0.6) is 0 Å². The number of amidine groups is 1. The number of nitrogens with zero attached hydrogens (tertiary/aromatic N) is 4. The molecular weight excluding hydrogens is 777 g/mol. The van der Waals surface area contributed by atoms with Gasteiger partial charge in [-0.1, -0.05) is 62.4 Å². The number of imidazole rings is 1. The van der Waals surface area contributed by atoms with Crippen LogP contribution in [0.15, 0.2) is 71.9 Å². The van der Waals surface area contributed by atoms with E-state index < -0.39 is 24.3 Å². The van der Waals surface area contributed by atoms with Gasteiger partial charge in [0.25, 0.3) is 0 Å². The molecule has 1 aromatic heterocycles. The zero-order chi connectivity index (χ0) is 42.6. The minimum atomic E-state index is -0.682. The third-order valence-electron chi connectivity index (χ3n) is 12.7. The Bertz CT molecular complexity index is 2270. The molecule has 3 saturated heterocycles. The van der Waals surface area contributed by atoms with Crippen LogP contribution in [0.25, 0.3) is 33.2 Å². The van der Waals surface area contributed by atoms with Gasteiger partial charge in [-0.2, -0.15) is 0 Å². The first kappa shape index (κ1) is 41.8. The van der Waals surface area contributed by atoms with E-state index in [2.05, 4.69) is 81.6 Å². The number of aliphatic imine (C=N–C) groups is 1. The van der Waals surface area contributed by atoms with Crippen molar-refractivity contribution in [2.75, 3.05) is 47.1 Å². The quantitative estimate of drug-likeness (QED) is 0.138. The highest BCUT2D eigenvalue weighted by Gasteiger charge is 2.41. The second-order valence-electron chi connectivity index (χ2n) is 16.8. The summed E-state index contributed by atoms with van der Waals surface area (Å²) in [6.45, 7) is 6.75. The van der Waals surface area contributed by atoms with Crippen molar-refractivity contribution in [3.63, 3.8) is 0 Å². The van der Waals surface area contributed by atoms with Crippen LogP contribution in [0.2, 0.25) is 0 Å². The number of amides is 4. The summed E-state index contributed by atoms with van der Waals surface area (Å²) in [6.07, 6.45) is 5.32. The molecule has 3 fully saturated rings. The average Bonchev–Trinajstić information content (AvgIpc) is 4.14. The monoisotopic (exact) mass is 832 g/mol. The normalized spacial score (nSPS) is 21.5. The number of carbonyl (C=O) groups excluding carboxylic acids is 4. The van der Waals surface area contributed by atoms with Crippen LogP contribution >= 0.6 is 0 Å². The van der Waals surface area contributed by atoms with E-state index in [4.69, 9.17) is 24.2 Å². The number of H-pyrrole nitrogens is 1. The number of methoxy groups -OCH3 is 2. The van der Waals surface area contributed by atoms with Crippen molar-refractivity contribution in [1.82, 2.24) is 35.7 Å². The fourth-order valence-corrected chi connectivity index (χ4v) is 9.31. The number of likely N-dealkylation sites (tertiary alicyclic amines) is 2. The molecule has 61 heavy (non-hydrogen) atoms. The second-order valence-corrected chi connectivity index (χ2v) is 16.8. The standard InChI is InChI=1S/C46H56N8O7/c1-27(2)39(51-45(57)59-3)43(55)53-19-5-7-37(53)41-47-25-35(49-41)29-11-9-28(10-12-29)31-13-14-33-24-34(16-15-32(33)23-31)36-26-48-42(50-36)38-8-6-20-54(38)44(56)40(52-46(58)60-4)30-17-21-61-22-18-30/h9-16,23-24,26-27,30,35,37-40H,5-8,17-22,25H2,1-4H3,(H,47,49)(H,48,50)(H,51,57)(H,52,58)/t35?,37?,38-,39-,40-/m0/s1. The molecule has 0 saturated carbocycles. The fraction of sp³-hybridized carbons (Fsp3) is 0.478. The summed E-state index contributed by atoms with van der Waals surface area (Å²) in [4.78, 5) is 68.7. The van der Waals surface area contributed by atoms with Crippen molar-refractivity contribution in [2.45, 2.75) is 82.6 Å². The highest BCUT2D eigenvalue weighted by molar-refractivity contribution is 5.96. The van der Waals surface area contributed by atoms with Gasteiger partial charge in [-0.15, -0.1) is 0 Å². The van der Waals surface area contributed by atoms with E-state index in [9.17, 15) is 19.2 Å². The lowest BCUT2D eigenvalue weighted by Gasteiger charge is -2.34. The van der Waals surface area contributed by atoms with E-state index in [1.54, 1.807) is 0 Å². The predicted octanol–water partition coefficient (Wildman–Crippen LogP) is 6.13. The van der Waals surface area contributed by atoms with Crippen molar-refractivity contribution in [2.24, 2.45) is 16.8 Å². The van der Waals surface area contributed by atoms with Gasteiger partial charge in [0.2, 0.25) is 11.8 Å². The molecule has 322 valence electrons. The van der Waals surface area contributed by atoms with Gasteiger partial charge in [0.05, 0.1) is 50.8 Å². The lowest BCUT2D eigenvalue weighted by molar-refractivity contribution is -0.137. The summed E-state index contributed by atoms with van der Waals surface area (Å²) in [6, 6.07) is 19.7. The van der Waals surface area contributed by atoms with Crippen LogP contribution in [0.3, 0.4) is 0 Å². The molecule has 5 atom stereocenters. The third-order valence-corrected chi connectivity index (χ3v) is 12.7. The first-order valence-electron chi connectivity index (χ1n) is 21.5. The van der Waals surface area contributed by atoms with Gasteiger partial charge < -0.3 is 44.9 Å². The topological polar surface area (TPSA) is 180 Å². The second kappa shape index (κ2) is 18.3. The Balaban J connectivity index is 0.909. The van der Waals surface area contributed by atoms with Crippen molar-refractivity contribution in [3.05, 3.63) is 78.2 Å². The van der Waals surface area contributed by atoms with Crippen LogP contribution in [-0.2, 0) is 23.8 Å². The molecule has 4 aromatic rings. The van der Waals surface area contributed by atoms with E-state index in [0.29, 0.717) is 45.7 Å². The summed E-state index contributed by atoms with van der Waals surface area (Å²) >= 11 is 0. The van der Waals surface area contributed by atoms with Gasteiger partial charge in [-0.3, -0.25) is 14.6 Å². The summed E-state index contributed by atoms with van der Waals surface area (Å²) in [5, 5.41) is 11.3. The minimum Gasteiger partial charge on any atom is -0.453 e. The molecule has 5 heterocycles. The van der Waals surface area contributed by atoms with Gasteiger partial charge in [0, 0.05) is 31.9 Å². The Morgan fingerprint density at radius 2 is 1.39 bits per heavy atom. The number of ether oxygens (including phenoxy) is 3. The zero-order valence-electron chi connectivity index (χ0n) is 35.3. The van der Waals surface area contributed by atoms with Crippen LogP contribution in [-0.4, -0.2) is 115 Å². The SMILES string of the molecule is COC(=O)N[C@H](C(=O)N1CCCC1C1=NCC(c2ccc(-c3ccc4cc(-c5cnc([C@@H]6CCCN6C(=O)[C@@H](NC(=O)OC)C6CCOCC6)[nH]5)ccc4c3)cc2)N1)C(C)C. The van der Waals surface area contributed by atoms with E-state index in [0.717, 1.165) is 76.1 Å². The number of aromatic amines is 1. The molecule has 8 rings (SSSR count). The number of rotatable bonds is 11. The molecule has 0 spiro atoms. The summed E-state index contributed by atoms with van der Waals surface area (Å²) in [7, 11) is 2.61. The van der Waals surface area contributed by atoms with E-state index in [1.807, 2.05) is 29.8 Å². The molecule has 4 aliphatic rings. The molecule has 15 nitrogen and oxygen atoms in total. The summed E-state index contributed by atoms with van der Waals surface area (Å²) < 4.78 is 15.2. The molecule has 0 radical (unpaired) electrons. The lowest BCUT2D eigenvalue weighted by atomic mass is 9.90. The van der Waals surface area contributed by atoms with Gasteiger partial charge in [0.1, 0.15) is 23.7 Å². The van der Waals surface area contributed by atoms with Crippen LogP contribution in [0.4, 0.5) is 9.59 Å². The zero-order valence-corrected chi connectivity index (χ0v) is 35.3. The maximum Gasteiger partial charge on any atom is 0.407 e. The highest BCUT2D eigenvalue weighted by atomic mass is 16.5. The van der Waals surface area contributed by atoms with Crippen LogP contribution < -0.4 is 16.0 Å². The van der Waals surface area contributed by atoms with E-state index in [1.165, 1.54) is 14.2 Å². The first-order valence-corrected chi connectivity index (χ1v) is 21.5. The Hall–Kier alpha value is -5.96. The maximum atomic E-state index is 14.0. The van der Waals surface area contributed by atoms with Crippen molar-refractivity contribution in [1.29, 1.82) is 0 Å². The molecular formula is C46H56N8O7. The van der Waals surface area contributed by atoms with Crippen LogP contribution in [0, 0.1) is 11.8 Å². The summed E-state index contributed by atoms with van der Waals surface area (Å²) in [5.74, 6) is 1.21. The minimum absolute atomic E-state index is 0.00326. The van der Waals surface area contributed by atoms with Crippen molar-refractivity contribution < 1.29 is 33.4 Å². The number of nitrogens with one attached hydrogen (secondary N) is 4. The third kappa shape index (κ3) is 8.93. The summed E-state index contributed by atoms with van der Waals surface area (Å²) in [5.41, 5.74) is 5.21. The molecule has 4 amide bonds. The van der Waals surface area contributed by atoms with Gasteiger partial charge in [-0.25, -0.2) is 14.6 Å². The maximum absolute atomic E-state index is 14.0. The van der Waals surface area contributed by atoms with E-state index in [-0.39, 0.29) is 41.8 Å². The lowest BCUT2D eigenvalue weighted by Crippen LogP contribution is -2.54. The molecule has 0 aliphatic carbocycles. The number of hydrogen-bond donors (Lipinski definition) is 4.